The van der Waals surface area contributed by atoms with Crippen molar-refractivity contribution in [3.8, 4) is 6.07 Å². The number of methoxy groups -OCH3 is 12. The third-order valence-electron chi connectivity index (χ3n) is 14.6. The zero-order valence-electron chi connectivity index (χ0n) is 71.5. The summed E-state index contributed by atoms with van der Waals surface area (Å²) in [7, 11) is 16.0. The van der Waals surface area contributed by atoms with E-state index in [1.165, 1.54) is 49.0 Å². The first kappa shape index (κ1) is 111. The zero-order chi connectivity index (χ0) is 85.6. The minimum Gasteiger partial charge on any atom is -0.481 e. The molecular formula is C81H138N6O23Si2. The van der Waals surface area contributed by atoms with E-state index in [0.29, 0.717) is 78.4 Å². The number of amides is 4. The number of benzene rings is 4. The standard InChI is InChI=1S/2C17H18N2O2.C16H38O5Si2.C9H16O4.C7H14O4.C6H12N2O2.C5H12O2.C4H10O2/c2*1-12(20)18-16-7-3-14(4-8-16)11-15-5-9-17(10-6-15)19-13(2)21;1-17-11-13-19-9-7-15-22(3,4)21-23(5,6)16-8-10-20-14-12-18-2;1-7(2)9(10)13-6-8(12-4)5-11-3;1-7(4-10-2,5-11-3)6(8)9;1-9-5-8(4-3-7)6-10-2;1-5(7-3)4-6-2;1-5-3-4-6-2/h2*3-10H,11H2,1-2H3,(H,18,20)(H,19,21);7-16H2,1-6H3;8H,1,5-6H2,2-4H3;4-5H2,1-3H3,(H,8,9);4-6H2,1-2H3;5H,4H2,1-3H3;3-4H2,1-2H3. The molecule has 0 aliphatic heterocycles. The fraction of sp³-hybridized carbons (Fsp3) is 0.593. The molecule has 4 aromatic carbocycles. The molecule has 31 heteroatoms. The molecule has 0 heterocycles. The van der Waals surface area contributed by atoms with Crippen LogP contribution in [0.5, 0.6) is 0 Å². The van der Waals surface area contributed by atoms with Crippen molar-refractivity contribution in [2.45, 2.75) is 125 Å². The summed E-state index contributed by atoms with van der Waals surface area (Å²) in [5.41, 5.74) is 7.30. The van der Waals surface area contributed by atoms with Gasteiger partial charge in [-0.3, -0.25) is 24.0 Å². The molecule has 29 nitrogen and oxygen atoms in total. The molecule has 0 aliphatic carbocycles. The lowest BCUT2D eigenvalue weighted by Crippen LogP contribution is -2.44. The van der Waals surface area contributed by atoms with E-state index >= 15 is 0 Å². The SMILES string of the molecule is C=C(C)C(=O)OCC(COC)OC.CC(=O)Nc1ccc(Cc2ccc(NC(C)=O)cc2)cc1.CC(=O)Nc1ccc(Cc2ccc(NC(C)=O)cc2)cc1.COCC(C)(COC)C(=O)O.COCC(C)OC.COCCOC.COCCOCCC[Si](C)(C)O[Si](C)(C)CCCOCCOC.COCN(CC#N)COC. The molecule has 4 amide bonds. The fourth-order valence-corrected chi connectivity index (χ4v) is 18.0. The van der Waals surface area contributed by atoms with Crippen molar-refractivity contribution >= 4 is 75.0 Å². The molecular weight excluding hydrogens is 1480 g/mol. The van der Waals surface area contributed by atoms with Crippen LogP contribution in [0.2, 0.25) is 38.3 Å². The third kappa shape index (κ3) is 67.2. The fourth-order valence-electron chi connectivity index (χ4n) is 9.17. The average molecular weight is 1620 g/mol. The molecule has 0 saturated heterocycles. The van der Waals surface area contributed by atoms with Crippen LogP contribution in [0.1, 0.15) is 83.6 Å². The normalized spacial score (nSPS) is 11.2. The Kier molecular flexibility index (Phi) is 70.9. The molecule has 2 atom stereocenters. The van der Waals surface area contributed by atoms with Gasteiger partial charge in [0.25, 0.3) is 0 Å². The number of ether oxygens (including phenoxy) is 15. The summed E-state index contributed by atoms with van der Waals surface area (Å²) in [5, 5.41) is 28.0. The van der Waals surface area contributed by atoms with Gasteiger partial charge in [-0.1, -0.05) is 55.1 Å². The van der Waals surface area contributed by atoms with Crippen LogP contribution >= 0.6 is 0 Å². The summed E-state index contributed by atoms with van der Waals surface area (Å²) in [4.78, 5) is 67.2. The number of nitrogens with zero attached hydrogens (tertiary/aromatic N) is 2. The Morgan fingerprint density at radius 2 is 0.786 bits per heavy atom. The van der Waals surface area contributed by atoms with Crippen LogP contribution in [0.15, 0.2) is 109 Å². The summed E-state index contributed by atoms with van der Waals surface area (Å²) in [6.07, 6.45) is 3.78. The number of nitriles is 1. The summed E-state index contributed by atoms with van der Waals surface area (Å²) in [6, 6.07) is 35.4. The van der Waals surface area contributed by atoms with Crippen molar-refractivity contribution in [2.24, 2.45) is 5.41 Å². The predicted molar refractivity (Wildman–Crippen MR) is 445 cm³/mol. The lowest BCUT2D eigenvalue weighted by atomic mass is 9.93. The molecule has 0 fully saturated rings. The van der Waals surface area contributed by atoms with Crippen LogP contribution in [0, 0.1) is 16.7 Å². The molecule has 2 unspecified atom stereocenters. The van der Waals surface area contributed by atoms with Gasteiger partial charge in [0.05, 0.1) is 84.8 Å². The molecule has 5 N–H and O–H groups in total. The van der Waals surface area contributed by atoms with E-state index in [2.05, 4.69) is 63.5 Å². The number of hydrogen-bond acceptors (Lipinski definition) is 24. The second kappa shape index (κ2) is 71.5. The number of carboxylic acids is 1. The van der Waals surface area contributed by atoms with Gasteiger partial charge in [-0.15, -0.1) is 0 Å². The van der Waals surface area contributed by atoms with Crippen LogP contribution in [0.3, 0.4) is 0 Å². The van der Waals surface area contributed by atoms with E-state index in [1.807, 2.05) is 110 Å². The Bertz CT molecular complexity index is 2800. The maximum Gasteiger partial charge on any atom is 0.333 e. The van der Waals surface area contributed by atoms with Gasteiger partial charge in [0, 0.05) is 155 Å². The topological polar surface area (TPSA) is 345 Å². The van der Waals surface area contributed by atoms with E-state index in [9.17, 15) is 28.8 Å². The van der Waals surface area contributed by atoms with Crippen LogP contribution in [-0.2, 0) is 117 Å². The first-order valence-corrected chi connectivity index (χ1v) is 42.8. The van der Waals surface area contributed by atoms with E-state index in [0.717, 1.165) is 96.0 Å². The van der Waals surface area contributed by atoms with Gasteiger partial charge in [0.15, 0.2) is 16.6 Å². The molecule has 0 radical (unpaired) electrons. The minimum absolute atomic E-state index is 0.0729. The first-order valence-electron chi connectivity index (χ1n) is 36.6. The van der Waals surface area contributed by atoms with Crippen molar-refractivity contribution in [3.63, 3.8) is 0 Å². The van der Waals surface area contributed by atoms with Gasteiger partial charge in [0.2, 0.25) is 23.6 Å². The number of hydrogen-bond donors (Lipinski definition) is 5. The third-order valence-corrected chi connectivity index (χ3v) is 22.1. The molecule has 0 aromatic heterocycles. The van der Waals surface area contributed by atoms with Gasteiger partial charge in [0.1, 0.15) is 31.6 Å². The Balaban J connectivity index is -0.000000617. The van der Waals surface area contributed by atoms with Crippen molar-refractivity contribution in [3.05, 3.63) is 131 Å². The lowest BCUT2D eigenvalue weighted by molar-refractivity contribution is -0.154. The number of aliphatic carboxylic acids is 1. The van der Waals surface area contributed by atoms with Crippen molar-refractivity contribution < 1.29 is 109 Å². The largest absolute Gasteiger partial charge is 0.481 e. The average Bonchev–Trinajstić information content (AvgIpc) is 0.874. The molecule has 4 aromatic rings. The number of rotatable bonds is 46. The van der Waals surface area contributed by atoms with E-state index in [-0.39, 0.29) is 55.7 Å². The van der Waals surface area contributed by atoms with Crippen LogP contribution in [0.25, 0.3) is 0 Å². The number of anilines is 4. The Morgan fingerprint density at radius 3 is 1.02 bits per heavy atom. The van der Waals surface area contributed by atoms with Gasteiger partial charge >= 0.3 is 11.9 Å². The second-order valence-corrected chi connectivity index (χ2v) is 35.5. The van der Waals surface area contributed by atoms with Crippen LogP contribution in [0.4, 0.5) is 22.7 Å². The number of carbonyl (C=O) groups excluding carboxylic acids is 5. The Hall–Kier alpha value is -7.28. The lowest BCUT2D eigenvalue weighted by Gasteiger charge is -2.34. The maximum absolute atomic E-state index is 11.0. The second-order valence-electron chi connectivity index (χ2n) is 26.6. The number of carbonyl (C=O) groups is 6. The van der Waals surface area contributed by atoms with E-state index in [1.54, 1.807) is 82.7 Å². The smallest absolute Gasteiger partial charge is 0.333 e. The van der Waals surface area contributed by atoms with Crippen molar-refractivity contribution in [1.29, 1.82) is 5.26 Å². The number of esters is 1. The van der Waals surface area contributed by atoms with Gasteiger partial charge in [-0.05, 0) is 156 Å². The van der Waals surface area contributed by atoms with Gasteiger partial charge in [-0.2, -0.15) is 5.26 Å². The highest BCUT2D eigenvalue weighted by Crippen LogP contribution is 2.25. The summed E-state index contributed by atoms with van der Waals surface area (Å²) < 4.78 is 80.4. The van der Waals surface area contributed by atoms with Crippen LogP contribution < -0.4 is 21.3 Å². The zero-order valence-corrected chi connectivity index (χ0v) is 73.5. The summed E-state index contributed by atoms with van der Waals surface area (Å²) in [6.45, 7) is 32.4. The quantitative estimate of drug-likeness (QED) is 0.00685. The Morgan fingerprint density at radius 1 is 0.464 bits per heavy atom. The molecule has 0 aliphatic rings. The Labute approximate surface area is 671 Å². The molecule has 0 saturated carbocycles. The summed E-state index contributed by atoms with van der Waals surface area (Å²) >= 11 is 0. The molecule has 112 heavy (non-hydrogen) atoms. The molecule has 638 valence electrons. The maximum atomic E-state index is 11.0. The molecule has 0 bridgehead atoms. The highest BCUT2D eigenvalue weighted by Gasteiger charge is 2.34. The van der Waals surface area contributed by atoms with Gasteiger partial charge in [-0.25, -0.2) is 9.69 Å². The predicted octanol–water partition coefficient (Wildman–Crippen LogP) is 12.0. The van der Waals surface area contributed by atoms with Crippen molar-refractivity contribution in [2.75, 3.05) is 212 Å². The van der Waals surface area contributed by atoms with Gasteiger partial charge < -0.3 is 102 Å². The highest BCUT2D eigenvalue weighted by molar-refractivity contribution is 6.84. The summed E-state index contributed by atoms with van der Waals surface area (Å²) in [5.74, 6) is -1.60. The first-order chi connectivity index (χ1) is 53.1. The molecule has 0 spiro atoms. The monoisotopic (exact) mass is 1620 g/mol. The van der Waals surface area contributed by atoms with Crippen molar-refractivity contribution in [1.82, 2.24) is 4.90 Å². The highest BCUT2D eigenvalue weighted by atomic mass is 28.4. The number of carboxylic acid groups (broad SMARTS) is 1. The number of nitrogens with one attached hydrogen (secondary N) is 4. The molecule has 4 rings (SSSR count). The van der Waals surface area contributed by atoms with Crippen LogP contribution in [-0.4, -0.2) is 266 Å². The van der Waals surface area contributed by atoms with E-state index < -0.39 is 34.0 Å². The van der Waals surface area contributed by atoms with E-state index in [4.69, 9.17) is 76.1 Å². The minimum atomic E-state index is -1.60.